The van der Waals surface area contributed by atoms with Gasteiger partial charge >= 0.3 is 6.09 Å². The van der Waals surface area contributed by atoms with E-state index >= 15 is 0 Å². The summed E-state index contributed by atoms with van der Waals surface area (Å²) in [5.74, 6) is 0. The summed E-state index contributed by atoms with van der Waals surface area (Å²) in [4.78, 5) is 21.3. The number of piperazine rings is 1. The van der Waals surface area contributed by atoms with Gasteiger partial charge in [0.05, 0.1) is 23.6 Å². The summed E-state index contributed by atoms with van der Waals surface area (Å²) in [7, 11) is 2.13. The predicted molar refractivity (Wildman–Crippen MR) is 91.1 cm³/mol. The summed E-state index contributed by atoms with van der Waals surface area (Å²) < 4.78 is 7.00. The number of nitrogens with zero attached hydrogens (tertiary/aromatic N) is 4. The largest absolute Gasteiger partial charge is 0.443 e. The number of rotatable bonds is 1. The van der Waals surface area contributed by atoms with E-state index in [9.17, 15) is 4.79 Å². The molecule has 3 rings (SSSR count). The van der Waals surface area contributed by atoms with E-state index in [-0.39, 0.29) is 6.09 Å². The molecule has 2 aromatic heterocycles. The van der Waals surface area contributed by atoms with E-state index in [0.717, 1.165) is 42.8 Å². The average Bonchev–Trinajstić information content (AvgIpc) is 2.90. The number of hydrogen-bond acceptors (Lipinski definition) is 5. The third-order valence-electron chi connectivity index (χ3n) is 4.03. The van der Waals surface area contributed by atoms with Crippen LogP contribution < -0.4 is 4.90 Å². The lowest BCUT2D eigenvalue weighted by atomic mass is 10.2. The maximum Gasteiger partial charge on any atom is 0.419 e. The van der Waals surface area contributed by atoms with Crippen LogP contribution in [-0.2, 0) is 4.74 Å². The highest BCUT2D eigenvalue weighted by atomic mass is 16.6. The van der Waals surface area contributed by atoms with Gasteiger partial charge in [0.2, 0.25) is 0 Å². The molecule has 23 heavy (non-hydrogen) atoms. The first-order chi connectivity index (χ1) is 10.8. The molecule has 0 N–H and O–H groups in total. The number of aromatic nitrogens is 2. The van der Waals surface area contributed by atoms with Gasteiger partial charge in [-0.2, -0.15) is 0 Å². The van der Waals surface area contributed by atoms with Gasteiger partial charge in [-0.1, -0.05) is 0 Å². The van der Waals surface area contributed by atoms with Crippen molar-refractivity contribution in [1.29, 1.82) is 0 Å². The highest BCUT2D eigenvalue weighted by molar-refractivity contribution is 5.96. The summed E-state index contributed by atoms with van der Waals surface area (Å²) >= 11 is 0. The zero-order chi connectivity index (χ0) is 16.6. The van der Waals surface area contributed by atoms with Crippen LogP contribution in [0, 0.1) is 0 Å². The van der Waals surface area contributed by atoms with Gasteiger partial charge in [-0.25, -0.2) is 4.79 Å². The zero-order valence-corrected chi connectivity index (χ0v) is 14.2. The molecule has 0 aromatic carbocycles. The van der Waals surface area contributed by atoms with Crippen LogP contribution >= 0.6 is 0 Å². The molecule has 3 heterocycles. The number of anilines is 1. The van der Waals surface area contributed by atoms with Crippen LogP contribution in [0.15, 0.2) is 24.7 Å². The van der Waals surface area contributed by atoms with Crippen molar-refractivity contribution >= 4 is 22.7 Å². The van der Waals surface area contributed by atoms with E-state index < -0.39 is 5.60 Å². The molecule has 124 valence electrons. The lowest BCUT2D eigenvalue weighted by Gasteiger charge is -2.34. The maximum atomic E-state index is 12.4. The summed E-state index contributed by atoms with van der Waals surface area (Å²) in [5, 5.41) is 1.04. The Labute approximate surface area is 136 Å². The van der Waals surface area contributed by atoms with Gasteiger partial charge in [-0.3, -0.25) is 9.55 Å². The molecule has 0 saturated carbocycles. The van der Waals surface area contributed by atoms with Crippen LogP contribution in [0.2, 0.25) is 0 Å². The number of ether oxygens (including phenoxy) is 1. The Morgan fingerprint density at radius 1 is 1.17 bits per heavy atom. The Morgan fingerprint density at radius 3 is 2.52 bits per heavy atom. The maximum absolute atomic E-state index is 12.4. The number of likely N-dealkylation sites (N-methyl/N-ethyl adjacent to an activating group) is 1. The Morgan fingerprint density at radius 2 is 1.87 bits per heavy atom. The molecule has 0 radical (unpaired) electrons. The van der Waals surface area contributed by atoms with E-state index in [4.69, 9.17) is 4.74 Å². The highest BCUT2D eigenvalue weighted by Crippen LogP contribution is 2.28. The molecular formula is C17H24N4O2. The van der Waals surface area contributed by atoms with Crippen LogP contribution in [0.25, 0.3) is 10.9 Å². The lowest BCUT2D eigenvalue weighted by Crippen LogP contribution is -2.44. The van der Waals surface area contributed by atoms with Gasteiger partial charge in [0.25, 0.3) is 0 Å². The van der Waals surface area contributed by atoms with Crippen LogP contribution in [0.1, 0.15) is 20.8 Å². The molecule has 1 saturated heterocycles. The monoisotopic (exact) mass is 316 g/mol. The Bertz CT molecular complexity index is 709. The standard InChI is InChI=1S/C17H24N4O2/c1-17(2,3)23-16(22)21-6-5-13-14(11-18-12-15(13)21)20-9-7-19(4)8-10-20/h5-6,11-12H,7-10H2,1-4H3. The summed E-state index contributed by atoms with van der Waals surface area (Å²) in [6, 6.07) is 1.97. The van der Waals surface area contributed by atoms with Gasteiger partial charge < -0.3 is 14.5 Å². The first-order valence-electron chi connectivity index (χ1n) is 7.97. The number of pyridine rings is 1. The molecule has 0 unspecified atom stereocenters. The molecule has 0 atom stereocenters. The zero-order valence-electron chi connectivity index (χ0n) is 14.2. The smallest absolute Gasteiger partial charge is 0.419 e. The van der Waals surface area contributed by atoms with Gasteiger partial charge in [-0.15, -0.1) is 0 Å². The van der Waals surface area contributed by atoms with E-state index in [1.807, 2.05) is 33.0 Å². The molecule has 0 aliphatic carbocycles. The minimum Gasteiger partial charge on any atom is -0.443 e. The highest BCUT2D eigenvalue weighted by Gasteiger charge is 2.22. The van der Waals surface area contributed by atoms with Crippen molar-refractivity contribution in [3.8, 4) is 0 Å². The topological polar surface area (TPSA) is 50.6 Å². The van der Waals surface area contributed by atoms with Crippen molar-refractivity contribution in [1.82, 2.24) is 14.5 Å². The van der Waals surface area contributed by atoms with Crippen molar-refractivity contribution < 1.29 is 9.53 Å². The Balaban J connectivity index is 1.93. The van der Waals surface area contributed by atoms with E-state index in [1.165, 1.54) is 4.57 Å². The van der Waals surface area contributed by atoms with Crippen LogP contribution in [0.3, 0.4) is 0 Å². The molecule has 6 heteroatoms. The van der Waals surface area contributed by atoms with Crippen molar-refractivity contribution in [2.24, 2.45) is 0 Å². The fraction of sp³-hybridized carbons (Fsp3) is 0.529. The minimum absolute atomic E-state index is 0.371. The Hall–Kier alpha value is -2.08. The van der Waals surface area contributed by atoms with Crippen LogP contribution in [0.4, 0.5) is 10.5 Å². The molecule has 1 aliphatic rings. The van der Waals surface area contributed by atoms with Crippen molar-refractivity contribution in [2.75, 3.05) is 38.1 Å². The number of fused-ring (bicyclic) bond motifs is 1. The van der Waals surface area contributed by atoms with Gasteiger partial charge in [0.1, 0.15) is 5.60 Å². The second-order valence-corrected chi connectivity index (χ2v) is 7.05. The number of hydrogen-bond donors (Lipinski definition) is 0. The summed E-state index contributed by atoms with van der Waals surface area (Å²) in [5.41, 5.74) is 1.35. The third-order valence-corrected chi connectivity index (χ3v) is 4.03. The Kier molecular flexibility index (Phi) is 4.02. The van der Waals surface area contributed by atoms with E-state index in [1.54, 1.807) is 12.4 Å². The van der Waals surface area contributed by atoms with E-state index in [0.29, 0.717) is 0 Å². The van der Waals surface area contributed by atoms with Gasteiger partial charge in [0.15, 0.2) is 0 Å². The van der Waals surface area contributed by atoms with Crippen LogP contribution in [-0.4, -0.2) is 59.4 Å². The second-order valence-electron chi connectivity index (χ2n) is 7.05. The lowest BCUT2D eigenvalue weighted by molar-refractivity contribution is 0.0544. The molecule has 0 bridgehead atoms. The van der Waals surface area contributed by atoms with Gasteiger partial charge in [0, 0.05) is 37.8 Å². The van der Waals surface area contributed by atoms with E-state index in [2.05, 4.69) is 21.8 Å². The predicted octanol–water partition coefficient (Wildman–Crippen LogP) is 2.57. The number of carbonyl (C=O) groups excluding carboxylic acids is 1. The molecule has 6 nitrogen and oxygen atoms in total. The summed E-state index contributed by atoms with van der Waals surface area (Å²) in [6.45, 7) is 9.59. The summed E-state index contributed by atoms with van der Waals surface area (Å²) in [6.07, 6.45) is 5.00. The van der Waals surface area contributed by atoms with Gasteiger partial charge in [-0.05, 0) is 33.9 Å². The first kappa shape index (κ1) is 15.8. The number of carbonyl (C=O) groups is 1. The molecular weight excluding hydrogens is 292 g/mol. The second kappa shape index (κ2) is 5.85. The average molecular weight is 316 g/mol. The normalized spacial score (nSPS) is 16.8. The third kappa shape index (κ3) is 3.32. The quantitative estimate of drug-likeness (QED) is 0.809. The van der Waals surface area contributed by atoms with Crippen molar-refractivity contribution in [2.45, 2.75) is 26.4 Å². The van der Waals surface area contributed by atoms with Crippen LogP contribution in [0.5, 0.6) is 0 Å². The molecule has 1 aliphatic heterocycles. The van der Waals surface area contributed by atoms with Crippen molar-refractivity contribution in [3.63, 3.8) is 0 Å². The fourth-order valence-corrected chi connectivity index (χ4v) is 2.81. The first-order valence-corrected chi connectivity index (χ1v) is 7.97. The molecule has 2 aromatic rings. The fourth-order valence-electron chi connectivity index (χ4n) is 2.81. The molecule has 0 spiro atoms. The van der Waals surface area contributed by atoms with Crippen molar-refractivity contribution in [3.05, 3.63) is 24.7 Å². The molecule has 1 fully saturated rings. The minimum atomic E-state index is -0.518. The molecule has 0 amide bonds. The SMILES string of the molecule is CN1CCN(c2cncc3c2ccn3C(=O)OC(C)(C)C)CC1.